The van der Waals surface area contributed by atoms with Gasteiger partial charge in [0.25, 0.3) is 5.56 Å². The zero-order valence-corrected chi connectivity index (χ0v) is 15.4. The Kier molecular flexibility index (Phi) is 6.16. The number of ether oxygens (including phenoxy) is 1. The van der Waals surface area contributed by atoms with Gasteiger partial charge in [0.15, 0.2) is 0 Å². The van der Waals surface area contributed by atoms with E-state index in [-0.39, 0.29) is 5.56 Å². The molecule has 0 aliphatic rings. The molecule has 7 nitrogen and oxygen atoms in total. The fraction of sp³-hybridized carbons (Fsp3) is 0.316. The van der Waals surface area contributed by atoms with Crippen LogP contribution >= 0.6 is 0 Å². The first-order valence-electron chi connectivity index (χ1n) is 8.27. The van der Waals surface area contributed by atoms with Gasteiger partial charge in [0.05, 0.1) is 17.9 Å². The highest BCUT2D eigenvalue weighted by atomic mass is 16.5. The second-order valence-corrected chi connectivity index (χ2v) is 6.37. The summed E-state index contributed by atoms with van der Waals surface area (Å²) in [6.45, 7) is 4.62. The van der Waals surface area contributed by atoms with Crippen LogP contribution in [0.2, 0.25) is 0 Å². The molecule has 1 aromatic carbocycles. The maximum Gasteiger partial charge on any atom is 0.330 e. The minimum Gasteiger partial charge on any atom is -0.491 e. The van der Waals surface area contributed by atoms with E-state index in [9.17, 15) is 14.4 Å². The molecule has 1 aromatic heterocycles. The van der Waals surface area contributed by atoms with E-state index >= 15 is 0 Å². The molecule has 0 unspecified atom stereocenters. The van der Waals surface area contributed by atoms with Crippen molar-refractivity contribution in [2.75, 3.05) is 11.9 Å². The molecule has 0 atom stereocenters. The maximum atomic E-state index is 12.2. The monoisotopic (exact) mass is 357 g/mol. The Bertz CT molecular complexity index is 939. The molecule has 0 radical (unpaired) electrons. The normalized spacial score (nSPS) is 11.1. The number of hydrogen-bond acceptors (Lipinski definition) is 4. The third-order valence-electron chi connectivity index (χ3n) is 3.60. The average Bonchev–Trinajstić information content (AvgIpc) is 2.61. The van der Waals surface area contributed by atoms with Crippen LogP contribution in [-0.4, -0.2) is 21.6 Å². The summed E-state index contributed by atoms with van der Waals surface area (Å²) in [5, 5.41) is 2.74. The number of nitrogens with zero attached hydrogens (tertiary/aromatic N) is 2. The standard InChI is InChI=1S/C19H23N3O4/c1-13(2)12-26-16-8-6-5-7-15(16)20-17(23)10-9-14-11-21(3)19(25)22(4)18(14)24/h5-11,13H,12H2,1-4H3,(H,20,23). The number of nitrogens with one attached hydrogen (secondary N) is 1. The molecule has 0 saturated carbocycles. The van der Waals surface area contributed by atoms with Gasteiger partial charge in [-0.3, -0.25) is 14.2 Å². The summed E-state index contributed by atoms with van der Waals surface area (Å²) >= 11 is 0. The predicted molar refractivity (Wildman–Crippen MR) is 101 cm³/mol. The third kappa shape index (κ3) is 4.72. The van der Waals surface area contributed by atoms with Gasteiger partial charge in [-0.05, 0) is 24.1 Å². The van der Waals surface area contributed by atoms with Crippen molar-refractivity contribution in [1.29, 1.82) is 0 Å². The Morgan fingerprint density at radius 3 is 2.62 bits per heavy atom. The van der Waals surface area contributed by atoms with Gasteiger partial charge in [-0.2, -0.15) is 0 Å². The van der Waals surface area contributed by atoms with Crippen molar-refractivity contribution in [2.24, 2.45) is 20.0 Å². The van der Waals surface area contributed by atoms with Gasteiger partial charge in [-0.25, -0.2) is 4.79 Å². The predicted octanol–water partition coefficient (Wildman–Crippen LogP) is 1.77. The van der Waals surface area contributed by atoms with E-state index in [0.29, 0.717) is 24.0 Å². The van der Waals surface area contributed by atoms with Crippen molar-refractivity contribution in [3.63, 3.8) is 0 Å². The molecule has 1 N–H and O–H groups in total. The number of benzene rings is 1. The Hall–Kier alpha value is -3.09. The van der Waals surface area contributed by atoms with Crippen molar-refractivity contribution in [3.8, 4) is 5.75 Å². The van der Waals surface area contributed by atoms with E-state index in [1.807, 2.05) is 19.9 Å². The molecular formula is C19H23N3O4. The van der Waals surface area contributed by atoms with E-state index in [2.05, 4.69) is 5.32 Å². The number of carbonyl (C=O) groups is 1. The lowest BCUT2D eigenvalue weighted by Crippen LogP contribution is -2.37. The molecule has 0 saturated heterocycles. The first-order valence-corrected chi connectivity index (χ1v) is 8.27. The Balaban J connectivity index is 2.16. The highest BCUT2D eigenvalue weighted by molar-refractivity contribution is 6.02. The molecule has 0 aliphatic heterocycles. The minimum absolute atomic E-state index is 0.245. The highest BCUT2D eigenvalue weighted by Gasteiger charge is 2.08. The molecule has 2 rings (SSSR count). The fourth-order valence-corrected chi connectivity index (χ4v) is 2.24. The average molecular weight is 357 g/mol. The molecular weight excluding hydrogens is 334 g/mol. The summed E-state index contributed by atoms with van der Waals surface area (Å²) in [5.74, 6) is 0.544. The quantitative estimate of drug-likeness (QED) is 0.799. The van der Waals surface area contributed by atoms with E-state index < -0.39 is 17.2 Å². The second-order valence-electron chi connectivity index (χ2n) is 6.37. The van der Waals surface area contributed by atoms with Crippen LogP contribution in [0.1, 0.15) is 19.4 Å². The van der Waals surface area contributed by atoms with Gasteiger partial charge in [-0.1, -0.05) is 26.0 Å². The lowest BCUT2D eigenvalue weighted by Gasteiger charge is -2.13. The molecule has 138 valence electrons. The molecule has 1 heterocycles. The van der Waals surface area contributed by atoms with E-state index in [1.165, 1.54) is 30.0 Å². The number of amides is 1. The Morgan fingerprint density at radius 2 is 1.92 bits per heavy atom. The van der Waals surface area contributed by atoms with Crippen LogP contribution in [0.4, 0.5) is 5.69 Å². The smallest absolute Gasteiger partial charge is 0.330 e. The first kappa shape index (κ1) is 19.2. The maximum absolute atomic E-state index is 12.2. The van der Waals surface area contributed by atoms with Gasteiger partial charge in [0, 0.05) is 26.4 Å². The number of aryl methyl sites for hydroxylation is 1. The van der Waals surface area contributed by atoms with E-state index in [4.69, 9.17) is 4.74 Å². The summed E-state index contributed by atoms with van der Waals surface area (Å²) in [7, 11) is 2.94. The van der Waals surface area contributed by atoms with Gasteiger partial charge in [0.1, 0.15) is 5.75 Å². The van der Waals surface area contributed by atoms with Crippen LogP contribution in [0.15, 0.2) is 46.1 Å². The largest absolute Gasteiger partial charge is 0.491 e. The molecule has 0 aliphatic carbocycles. The molecule has 7 heteroatoms. The van der Waals surface area contributed by atoms with Crippen LogP contribution in [0, 0.1) is 5.92 Å². The molecule has 0 bridgehead atoms. The van der Waals surface area contributed by atoms with Crippen LogP contribution in [0.25, 0.3) is 6.08 Å². The SMILES string of the molecule is CC(C)COc1ccccc1NC(=O)C=Cc1cn(C)c(=O)n(C)c1=O. The van der Waals surface area contributed by atoms with Crippen molar-refractivity contribution in [3.05, 3.63) is 62.9 Å². The van der Waals surface area contributed by atoms with Gasteiger partial charge >= 0.3 is 5.69 Å². The topological polar surface area (TPSA) is 82.3 Å². The number of carbonyl (C=O) groups excluding carboxylic acids is 1. The van der Waals surface area contributed by atoms with Crippen molar-refractivity contribution in [2.45, 2.75) is 13.8 Å². The minimum atomic E-state index is -0.460. The zero-order valence-electron chi connectivity index (χ0n) is 15.4. The molecule has 26 heavy (non-hydrogen) atoms. The summed E-state index contributed by atoms with van der Waals surface area (Å²) in [6.07, 6.45) is 4.03. The van der Waals surface area contributed by atoms with Crippen molar-refractivity contribution < 1.29 is 9.53 Å². The molecule has 2 aromatic rings. The second kappa shape index (κ2) is 8.33. The Morgan fingerprint density at radius 1 is 1.23 bits per heavy atom. The molecule has 0 spiro atoms. The number of para-hydroxylation sites is 2. The van der Waals surface area contributed by atoms with Crippen molar-refractivity contribution in [1.82, 2.24) is 9.13 Å². The lowest BCUT2D eigenvalue weighted by molar-refractivity contribution is -0.111. The van der Waals surface area contributed by atoms with Gasteiger partial charge < -0.3 is 14.6 Å². The lowest BCUT2D eigenvalue weighted by atomic mass is 10.2. The van der Waals surface area contributed by atoms with Gasteiger partial charge in [0.2, 0.25) is 5.91 Å². The van der Waals surface area contributed by atoms with Crippen LogP contribution < -0.4 is 21.3 Å². The summed E-state index contributed by atoms with van der Waals surface area (Å²) < 4.78 is 7.97. The number of aromatic nitrogens is 2. The number of anilines is 1. The Labute approximate surface area is 151 Å². The summed E-state index contributed by atoms with van der Waals surface area (Å²) in [5.41, 5.74) is -0.0871. The highest BCUT2D eigenvalue weighted by Crippen LogP contribution is 2.24. The van der Waals surface area contributed by atoms with Crippen LogP contribution in [-0.2, 0) is 18.9 Å². The summed E-state index contributed by atoms with van der Waals surface area (Å²) in [6, 6.07) is 7.15. The third-order valence-corrected chi connectivity index (χ3v) is 3.60. The molecule has 0 fully saturated rings. The van der Waals surface area contributed by atoms with Crippen LogP contribution in [0.3, 0.4) is 0 Å². The molecule has 1 amide bonds. The van der Waals surface area contributed by atoms with Crippen LogP contribution in [0.5, 0.6) is 5.75 Å². The number of hydrogen-bond donors (Lipinski definition) is 1. The zero-order chi connectivity index (χ0) is 19.3. The fourth-order valence-electron chi connectivity index (χ4n) is 2.24. The van der Waals surface area contributed by atoms with E-state index in [1.54, 1.807) is 25.2 Å². The van der Waals surface area contributed by atoms with E-state index in [0.717, 1.165) is 4.57 Å². The first-order chi connectivity index (χ1) is 12.3. The number of rotatable bonds is 6. The van der Waals surface area contributed by atoms with Gasteiger partial charge in [-0.15, -0.1) is 0 Å². The van der Waals surface area contributed by atoms with Crippen molar-refractivity contribution >= 4 is 17.7 Å². The summed E-state index contributed by atoms with van der Waals surface area (Å²) in [4.78, 5) is 35.9.